The largest absolute Gasteiger partial charge is 0.337 e. The first-order chi connectivity index (χ1) is 11.5. The van der Waals surface area contributed by atoms with Crippen molar-refractivity contribution in [3.8, 4) is 11.4 Å². The van der Waals surface area contributed by atoms with Gasteiger partial charge in [0, 0.05) is 23.2 Å². The first-order valence-corrected chi connectivity index (χ1v) is 7.88. The van der Waals surface area contributed by atoms with E-state index >= 15 is 0 Å². The number of halogens is 2. The van der Waals surface area contributed by atoms with Gasteiger partial charge in [-0.3, -0.25) is 4.79 Å². The van der Waals surface area contributed by atoms with Gasteiger partial charge in [0.05, 0.1) is 11.6 Å². The van der Waals surface area contributed by atoms with Crippen LogP contribution in [0.15, 0.2) is 53.1 Å². The molecule has 0 radical (unpaired) electrons. The van der Waals surface area contributed by atoms with E-state index < -0.39 is 0 Å². The lowest BCUT2D eigenvalue weighted by molar-refractivity contribution is 0.0769. The van der Waals surface area contributed by atoms with Crippen molar-refractivity contribution in [3.63, 3.8) is 0 Å². The second kappa shape index (κ2) is 7.03. The number of nitrogens with zero attached hydrogens (tertiary/aromatic N) is 3. The zero-order valence-electron chi connectivity index (χ0n) is 12.7. The molecule has 1 amide bonds. The smallest absolute Gasteiger partial charge is 0.254 e. The van der Waals surface area contributed by atoms with Crippen LogP contribution in [-0.2, 0) is 6.54 Å². The van der Waals surface area contributed by atoms with Gasteiger partial charge in [-0.2, -0.15) is 4.98 Å². The average molecular weight is 362 g/mol. The van der Waals surface area contributed by atoms with Gasteiger partial charge < -0.3 is 9.42 Å². The first kappa shape index (κ1) is 16.5. The third-order valence-corrected chi connectivity index (χ3v) is 3.97. The molecule has 0 fully saturated rings. The molecule has 3 rings (SSSR count). The molecule has 0 unspecified atom stereocenters. The van der Waals surface area contributed by atoms with Gasteiger partial charge in [0.1, 0.15) is 0 Å². The van der Waals surface area contributed by atoms with Crippen LogP contribution in [0.5, 0.6) is 0 Å². The Morgan fingerprint density at radius 2 is 1.83 bits per heavy atom. The summed E-state index contributed by atoms with van der Waals surface area (Å²) in [5.41, 5.74) is 1.22. The Morgan fingerprint density at radius 1 is 1.12 bits per heavy atom. The Balaban J connectivity index is 1.73. The summed E-state index contributed by atoms with van der Waals surface area (Å²) >= 11 is 12.0. The van der Waals surface area contributed by atoms with E-state index in [9.17, 15) is 4.79 Å². The highest BCUT2D eigenvalue weighted by molar-refractivity contribution is 6.33. The molecule has 2 aromatic carbocycles. The van der Waals surface area contributed by atoms with Crippen LogP contribution in [0, 0.1) is 0 Å². The SMILES string of the molecule is CN(Cc1nc(-c2ccccc2Cl)no1)C(=O)c1ccc(Cl)cc1. The van der Waals surface area contributed by atoms with E-state index in [1.165, 1.54) is 4.90 Å². The molecule has 0 aliphatic rings. The van der Waals surface area contributed by atoms with E-state index in [1.54, 1.807) is 43.4 Å². The lowest BCUT2D eigenvalue weighted by atomic mass is 10.2. The second-order valence-corrected chi connectivity index (χ2v) is 6.00. The summed E-state index contributed by atoms with van der Waals surface area (Å²) in [6.45, 7) is 0.193. The van der Waals surface area contributed by atoms with Crippen molar-refractivity contribution in [1.29, 1.82) is 0 Å². The number of amides is 1. The molecule has 1 aromatic heterocycles. The molecule has 7 heteroatoms. The van der Waals surface area contributed by atoms with E-state index in [-0.39, 0.29) is 12.5 Å². The van der Waals surface area contributed by atoms with Crippen LogP contribution in [0.1, 0.15) is 16.2 Å². The third-order valence-electron chi connectivity index (χ3n) is 3.39. The molecule has 0 aliphatic carbocycles. The number of rotatable bonds is 4. The van der Waals surface area contributed by atoms with Crippen molar-refractivity contribution in [2.75, 3.05) is 7.05 Å². The Bertz CT molecular complexity index is 862. The van der Waals surface area contributed by atoms with Gasteiger partial charge in [-0.25, -0.2) is 0 Å². The maximum Gasteiger partial charge on any atom is 0.254 e. The van der Waals surface area contributed by atoms with Gasteiger partial charge in [-0.05, 0) is 36.4 Å². The summed E-state index contributed by atoms with van der Waals surface area (Å²) in [7, 11) is 1.66. The van der Waals surface area contributed by atoms with Crippen molar-refractivity contribution >= 4 is 29.1 Å². The molecule has 0 atom stereocenters. The third kappa shape index (κ3) is 3.58. The zero-order valence-corrected chi connectivity index (χ0v) is 14.3. The number of hydrogen-bond acceptors (Lipinski definition) is 4. The van der Waals surface area contributed by atoms with Gasteiger partial charge in [0.25, 0.3) is 5.91 Å². The van der Waals surface area contributed by atoms with E-state index in [0.717, 1.165) is 0 Å². The molecular formula is C17H13Cl2N3O2. The number of carbonyl (C=O) groups excluding carboxylic acids is 1. The molecule has 122 valence electrons. The molecule has 5 nitrogen and oxygen atoms in total. The van der Waals surface area contributed by atoms with Crippen LogP contribution in [0.25, 0.3) is 11.4 Å². The van der Waals surface area contributed by atoms with E-state index in [2.05, 4.69) is 10.1 Å². The Morgan fingerprint density at radius 3 is 2.54 bits per heavy atom. The first-order valence-electron chi connectivity index (χ1n) is 7.13. The van der Waals surface area contributed by atoms with Crippen LogP contribution in [0.3, 0.4) is 0 Å². The standard InChI is InChI=1S/C17H13Cl2N3O2/c1-22(17(23)11-6-8-12(18)9-7-11)10-15-20-16(21-24-15)13-4-2-3-5-14(13)19/h2-9H,10H2,1H3. The molecule has 0 saturated carbocycles. The fourth-order valence-electron chi connectivity index (χ4n) is 2.16. The number of hydrogen-bond donors (Lipinski definition) is 0. The van der Waals surface area contributed by atoms with Crippen molar-refractivity contribution in [2.24, 2.45) is 0 Å². The maximum absolute atomic E-state index is 12.4. The molecule has 3 aromatic rings. The van der Waals surface area contributed by atoms with E-state index in [4.69, 9.17) is 27.7 Å². The van der Waals surface area contributed by atoms with E-state index in [0.29, 0.717) is 32.9 Å². The predicted octanol–water partition coefficient (Wildman–Crippen LogP) is 4.32. The molecule has 0 saturated heterocycles. The minimum Gasteiger partial charge on any atom is -0.337 e. The summed E-state index contributed by atoms with van der Waals surface area (Å²) < 4.78 is 5.22. The van der Waals surface area contributed by atoms with E-state index in [1.807, 2.05) is 12.1 Å². The molecule has 24 heavy (non-hydrogen) atoms. The topological polar surface area (TPSA) is 59.2 Å². The van der Waals surface area contributed by atoms with Crippen LogP contribution in [0.4, 0.5) is 0 Å². The second-order valence-electron chi connectivity index (χ2n) is 5.16. The van der Waals surface area contributed by atoms with Crippen molar-refractivity contribution in [1.82, 2.24) is 15.0 Å². The molecule has 0 bridgehead atoms. The van der Waals surface area contributed by atoms with Gasteiger partial charge >= 0.3 is 0 Å². The Kier molecular flexibility index (Phi) is 4.83. The van der Waals surface area contributed by atoms with Crippen LogP contribution >= 0.6 is 23.2 Å². The van der Waals surface area contributed by atoms with Gasteiger partial charge in [0.2, 0.25) is 11.7 Å². The Labute approximate surface area is 148 Å². The normalized spacial score (nSPS) is 10.6. The van der Waals surface area contributed by atoms with Crippen molar-refractivity contribution in [2.45, 2.75) is 6.54 Å². The molecule has 0 N–H and O–H groups in total. The molecule has 1 heterocycles. The van der Waals surface area contributed by atoms with Crippen molar-refractivity contribution < 1.29 is 9.32 Å². The van der Waals surface area contributed by atoms with Crippen molar-refractivity contribution in [3.05, 3.63) is 70.0 Å². The van der Waals surface area contributed by atoms with Crippen LogP contribution < -0.4 is 0 Å². The fraction of sp³-hybridized carbons (Fsp3) is 0.118. The zero-order chi connectivity index (χ0) is 17.1. The van der Waals surface area contributed by atoms with Crippen LogP contribution in [-0.4, -0.2) is 28.0 Å². The molecule has 0 aliphatic heterocycles. The summed E-state index contributed by atoms with van der Waals surface area (Å²) in [4.78, 5) is 18.2. The lowest BCUT2D eigenvalue weighted by Gasteiger charge is -2.14. The summed E-state index contributed by atoms with van der Waals surface area (Å²) in [5.74, 6) is 0.557. The summed E-state index contributed by atoms with van der Waals surface area (Å²) in [6, 6.07) is 13.9. The number of benzene rings is 2. The highest BCUT2D eigenvalue weighted by atomic mass is 35.5. The molecule has 0 spiro atoms. The molecular weight excluding hydrogens is 349 g/mol. The predicted molar refractivity (Wildman–Crippen MR) is 92.0 cm³/mol. The summed E-state index contributed by atoms with van der Waals surface area (Å²) in [6.07, 6.45) is 0. The number of carbonyl (C=O) groups is 1. The van der Waals surface area contributed by atoms with Crippen LogP contribution in [0.2, 0.25) is 10.0 Å². The summed E-state index contributed by atoms with van der Waals surface area (Å²) in [5, 5.41) is 5.03. The Hall–Kier alpha value is -2.37. The minimum absolute atomic E-state index is 0.163. The highest BCUT2D eigenvalue weighted by Gasteiger charge is 2.17. The fourth-order valence-corrected chi connectivity index (χ4v) is 2.50. The van der Waals surface area contributed by atoms with Gasteiger partial charge in [-0.1, -0.05) is 40.5 Å². The number of aromatic nitrogens is 2. The maximum atomic E-state index is 12.4. The van der Waals surface area contributed by atoms with Gasteiger partial charge in [-0.15, -0.1) is 0 Å². The lowest BCUT2D eigenvalue weighted by Crippen LogP contribution is -2.26. The average Bonchev–Trinajstić information content (AvgIpc) is 3.03. The van der Waals surface area contributed by atoms with Gasteiger partial charge in [0.15, 0.2) is 0 Å². The highest BCUT2D eigenvalue weighted by Crippen LogP contribution is 2.25. The monoisotopic (exact) mass is 361 g/mol. The quantitative estimate of drug-likeness (QED) is 0.694. The minimum atomic E-state index is -0.163.